The number of hydrogen-bond donors (Lipinski definition) is 0. The molecule has 0 N–H and O–H groups in total. The van der Waals surface area contributed by atoms with Gasteiger partial charge in [0.15, 0.2) is 0 Å². The van der Waals surface area contributed by atoms with Crippen molar-refractivity contribution in [3.63, 3.8) is 0 Å². The smallest absolute Gasteiger partial charge is 0.319 e. The number of phosphoric ester groups is 1. The van der Waals surface area contributed by atoms with E-state index in [4.69, 9.17) is 9.05 Å². The average molecular weight is 341 g/mol. The van der Waals surface area contributed by atoms with E-state index in [1.165, 1.54) is 19.3 Å². The van der Waals surface area contributed by atoms with Crippen LogP contribution in [0.15, 0.2) is 24.3 Å². The van der Waals surface area contributed by atoms with Gasteiger partial charge >= 0.3 is 7.82 Å². The van der Waals surface area contributed by atoms with E-state index in [9.17, 15) is 9.46 Å². The van der Waals surface area contributed by atoms with Crippen molar-refractivity contribution in [2.45, 2.75) is 71.6 Å². The van der Waals surface area contributed by atoms with Crippen LogP contribution in [0.2, 0.25) is 0 Å². The van der Waals surface area contributed by atoms with Gasteiger partial charge in [0, 0.05) is 0 Å². The molecule has 0 amide bonds. The maximum absolute atomic E-state index is 11.8. The highest BCUT2D eigenvalue weighted by molar-refractivity contribution is 7.46. The van der Waals surface area contributed by atoms with Crippen LogP contribution in [0.4, 0.5) is 0 Å². The van der Waals surface area contributed by atoms with Crippen molar-refractivity contribution in [2.75, 3.05) is 6.61 Å². The van der Waals surface area contributed by atoms with E-state index in [-0.39, 0.29) is 12.0 Å². The molecule has 1 atom stereocenters. The van der Waals surface area contributed by atoms with E-state index in [2.05, 4.69) is 27.7 Å². The van der Waals surface area contributed by atoms with Gasteiger partial charge in [-0.3, -0.25) is 4.57 Å². The summed E-state index contributed by atoms with van der Waals surface area (Å²) in [5.74, 6) is 0.291. The molecule has 0 saturated heterocycles. The highest BCUT2D eigenvalue weighted by Gasteiger charge is 2.15. The number of unbranched alkanes of at least 4 members (excludes halogenated alkanes) is 5. The zero-order valence-electron chi connectivity index (χ0n) is 14.8. The van der Waals surface area contributed by atoms with E-state index >= 15 is 0 Å². The van der Waals surface area contributed by atoms with Gasteiger partial charge < -0.3 is 13.9 Å². The Hall–Kier alpha value is -0.830. The van der Waals surface area contributed by atoms with E-state index in [1.54, 1.807) is 12.1 Å². The monoisotopic (exact) mass is 341 g/mol. The third kappa shape index (κ3) is 8.55. The lowest BCUT2D eigenvalue weighted by Gasteiger charge is -2.24. The van der Waals surface area contributed by atoms with Gasteiger partial charge in [0.05, 0.1) is 6.61 Å². The predicted octanol–water partition coefficient (Wildman–Crippen LogP) is 5.21. The lowest BCUT2D eigenvalue weighted by molar-refractivity contribution is -0.217. The van der Waals surface area contributed by atoms with Crippen molar-refractivity contribution in [2.24, 2.45) is 0 Å². The Balaban J connectivity index is 2.35. The van der Waals surface area contributed by atoms with Crippen LogP contribution >= 0.6 is 7.82 Å². The molecule has 1 aromatic carbocycles. The second kappa shape index (κ2) is 9.46. The Kier molecular flexibility index (Phi) is 8.32. The maximum Gasteiger partial charge on any atom is 0.319 e. The van der Waals surface area contributed by atoms with E-state index in [1.807, 2.05) is 12.1 Å². The van der Waals surface area contributed by atoms with Gasteiger partial charge in [-0.05, 0) is 29.5 Å². The van der Waals surface area contributed by atoms with Crippen molar-refractivity contribution in [3.8, 4) is 5.75 Å². The van der Waals surface area contributed by atoms with Crippen molar-refractivity contribution in [3.05, 3.63) is 29.8 Å². The molecule has 0 aliphatic heterocycles. The highest BCUT2D eigenvalue weighted by atomic mass is 31.2. The molecule has 0 saturated carbocycles. The van der Waals surface area contributed by atoms with Crippen LogP contribution in [0.1, 0.15) is 71.8 Å². The first-order valence-electron chi connectivity index (χ1n) is 8.50. The Bertz CT molecular complexity index is 491. The minimum Gasteiger partial charge on any atom is -0.746 e. The average Bonchev–Trinajstić information content (AvgIpc) is 2.45. The molecule has 0 fully saturated rings. The molecule has 0 aliphatic rings. The summed E-state index contributed by atoms with van der Waals surface area (Å²) in [4.78, 5) is 11.8. The SMILES string of the molecule is CCCCCCCCOP(=O)([O-])Oc1ccc(C(C)(C)C)cc1. The van der Waals surface area contributed by atoms with E-state index in [0.29, 0.717) is 5.75 Å². The number of benzene rings is 1. The summed E-state index contributed by atoms with van der Waals surface area (Å²) in [5.41, 5.74) is 1.15. The van der Waals surface area contributed by atoms with Crippen molar-refractivity contribution in [1.29, 1.82) is 0 Å². The summed E-state index contributed by atoms with van der Waals surface area (Å²) in [5, 5.41) is 0. The molecule has 5 heteroatoms. The van der Waals surface area contributed by atoms with Crippen LogP contribution in [-0.2, 0) is 14.5 Å². The Morgan fingerprint density at radius 2 is 1.57 bits per heavy atom. The molecule has 0 heterocycles. The molecule has 1 unspecified atom stereocenters. The summed E-state index contributed by atoms with van der Waals surface area (Å²) in [7, 11) is -4.28. The first-order valence-corrected chi connectivity index (χ1v) is 9.96. The molecular weight excluding hydrogens is 311 g/mol. The Labute approximate surface area is 140 Å². The summed E-state index contributed by atoms with van der Waals surface area (Å²) in [6.45, 7) is 8.66. The summed E-state index contributed by atoms with van der Waals surface area (Å²) in [6, 6.07) is 7.09. The standard InChI is InChI=1S/C18H31O4P/c1-5-6-7-8-9-10-15-21-23(19,20)22-17-13-11-16(12-14-17)18(2,3)4/h11-14H,5-10,15H2,1-4H3,(H,19,20)/p-1. The number of rotatable bonds is 10. The minimum absolute atomic E-state index is 0.0218. The fraction of sp³-hybridized carbons (Fsp3) is 0.667. The maximum atomic E-state index is 11.8. The molecule has 0 radical (unpaired) electrons. The third-order valence-electron chi connectivity index (χ3n) is 3.68. The lowest BCUT2D eigenvalue weighted by atomic mass is 9.87. The van der Waals surface area contributed by atoms with Crippen LogP contribution < -0.4 is 9.42 Å². The van der Waals surface area contributed by atoms with Crippen LogP contribution in [0.25, 0.3) is 0 Å². The molecule has 4 nitrogen and oxygen atoms in total. The molecule has 23 heavy (non-hydrogen) atoms. The normalized spacial score (nSPS) is 14.5. The van der Waals surface area contributed by atoms with Gasteiger partial charge in [-0.1, -0.05) is 71.9 Å². The van der Waals surface area contributed by atoms with Crippen molar-refractivity contribution < 1.29 is 18.5 Å². The molecule has 0 aromatic heterocycles. The van der Waals surface area contributed by atoms with Crippen molar-refractivity contribution in [1.82, 2.24) is 0 Å². The number of phosphoric acid groups is 1. The van der Waals surface area contributed by atoms with Crippen LogP contribution in [0, 0.1) is 0 Å². The van der Waals surface area contributed by atoms with Gasteiger partial charge in [0.2, 0.25) is 0 Å². The quantitative estimate of drug-likeness (QED) is 0.433. The van der Waals surface area contributed by atoms with Crippen LogP contribution in [-0.4, -0.2) is 6.61 Å². The summed E-state index contributed by atoms with van der Waals surface area (Å²) < 4.78 is 21.7. The second-order valence-electron chi connectivity index (χ2n) is 6.91. The molecule has 0 spiro atoms. The van der Waals surface area contributed by atoms with E-state index < -0.39 is 7.82 Å². The molecule has 0 bridgehead atoms. The molecule has 132 valence electrons. The summed E-state index contributed by atoms with van der Waals surface area (Å²) in [6.07, 6.45) is 6.48. The topological polar surface area (TPSA) is 58.6 Å². The first kappa shape index (κ1) is 20.2. The van der Waals surface area contributed by atoms with E-state index in [0.717, 1.165) is 24.8 Å². The van der Waals surface area contributed by atoms with Crippen LogP contribution in [0.5, 0.6) is 5.75 Å². The zero-order chi connectivity index (χ0) is 17.3. The molecule has 1 aromatic rings. The van der Waals surface area contributed by atoms with Gasteiger partial charge in [0.1, 0.15) is 5.75 Å². The lowest BCUT2D eigenvalue weighted by Crippen LogP contribution is -2.12. The first-order chi connectivity index (χ1) is 10.7. The second-order valence-corrected chi connectivity index (χ2v) is 8.25. The zero-order valence-corrected chi connectivity index (χ0v) is 15.7. The van der Waals surface area contributed by atoms with Gasteiger partial charge in [-0.2, -0.15) is 0 Å². The fourth-order valence-corrected chi connectivity index (χ4v) is 3.02. The number of hydrogen-bond acceptors (Lipinski definition) is 4. The highest BCUT2D eigenvalue weighted by Crippen LogP contribution is 2.40. The fourth-order valence-electron chi connectivity index (χ4n) is 2.23. The minimum atomic E-state index is -4.28. The summed E-state index contributed by atoms with van der Waals surface area (Å²) >= 11 is 0. The van der Waals surface area contributed by atoms with Gasteiger partial charge in [-0.25, -0.2) is 0 Å². The third-order valence-corrected chi connectivity index (χ3v) is 4.62. The van der Waals surface area contributed by atoms with Crippen molar-refractivity contribution >= 4 is 7.82 Å². The largest absolute Gasteiger partial charge is 0.746 e. The molecule has 0 aliphatic carbocycles. The Morgan fingerprint density at radius 3 is 2.13 bits per heavy atom. The predicted molar refractivity (Wildman–Crippen MR) is 92.7 cm³/mol. The molecular formula is C18H30O4P-. The van der Waals surface area contributed by atoms with Crippen LogP contribution in [0.3, 0.4) is 0 Å². The molecule has 1 rings (SSSR count). The van der Waals surface area contributed by atoms with Gasteiger partial charge in [0.25, 0.3) is 0 Å². The Morgan fingerprint density at radius 1 is 1.00 bits per heavy atom. The van der Waals surface area contributed by atoms with Gasteiger partial charge in [-0.15, -0.1) is 0 Å².